The van der Waals surface area contributed by atoms with Crippen molar-refractivity contribution in [2.24, 2.45) is 0 Å². The maximum atomic E-state index is 10.6. The zero-order chi connectivity index (χ0) is 10.8. The highest BCUT2D eigenvalue weighted by atomic mass is 35.5. The van der Waals surface area contributed by atoms with Crippen molar-refractivity contribution >= 4 is 29.5 Å². The number of hydrogen-bond acceptors (Lipinski definition) is 3. The summed E-state index contributed by atoms with van der Waals surface area (Å²) in [7, 11) is 0. The second-order valence-corrected chi connectivity index (χ2v) is 4.27. The minimum Gasteiger partial charge on any atom is -0.302 e. The first-order valence-corrected chi connectivity index (χ1v) is 5.38. The molecule has 1 aromatic rings. The average molecular weight is 245 g/mol. The van der Waals surface area contributed by atoms with Gasteiger partial charge in [-0.1, -0.05) is 29.3 Å². The summed E-state index contributed by atoms with van der Waals surface area (Å²) in [6.07, 6.45) is 1.53. The fourth-order valence-electron chi connectivity index (χ4n) is 1.70. The molecule has 3 nitrogen and oxygen atoms in total. The van der Waals surface area contributed by atoms with Crippen molar-refractivity contribution in [2.45, 2.75) is 18.5 Å². The number of aldehydes is 1. The molecule has 1 fully saturated rings. The number of carbonyl (C=O) groups excluding carboxylic acids is 1. The Bertz CT molecular complexity index is 363. The Morgan fingerprint density at radius 1 is 1.27 bits per heavy atom. The summed E-state index contributed by atoms with van der Waals surface area (Å²) in [4.78, 5) is 10.6. The van der Waals surface area contributed by atoms with Crippen molar-refractivity contribution in [1.29, 1.82) is 0 Å². The van der Waals surface area contributed by atoms with Crippen molar-refractivity contribution < 1.29 is 4.79 Å². The van der Waals surface area contributed by atoms with Crippen LogP contribution in [0.2, 0.25) is 10.0 Å². The highest BCUT2D eigenvalue weighted by molar-refractivity contribution is 6.36. The normalized spacial score (nSPS) is 25.5. The lowest BCUT2D eigenvalue weighted by molar-refractivity contribution is -0.109. The van der Waals surface area contributed by atoms with Crippen molar-refractivity contribution in [3.63, 3.8) is 0 Å². The molecule has 0 aliphatic carbocycles. The highest BCUT2D eigenvalue weighted by Crippen LogP contribution is 2.33. The zero-order valence-electron chi connectivity index (χ0n) is 7.84. The number of halogens is 2. The molecule has 0 saturated carbocycles. The van der Waals surface area contributed by atoms with Gasteiger partial charge in [-0.25, -0.2) is 10.9 Å². The van der Waals surface area contributed by atoms with Gasteiger partial charge in [0.1, 0.15) is 6.29 Å². The van der Waals surface area contributed by atoms with Gasteiger partial charge < -0.3 is 4.79 Å². The van der Waals surface area contributed by atoms with E-state index in [-0.39, 0.29) is 12.1 Å². The SMILES string of the molecule is O=CC1CC(c2c(Cl)cccc2Cl)NN1. The van der Waals surface area contributed by atoms with Crippen LogP contribution in [0, 0.1) is 0 Å². The number of hydrogen-bond donors (Lipinski definition) is 2. The van der Waals surface area contributed by atoms with Gasteiger partial charge in [0.2, 0.25) is 0 Å². The van der Waals surface area contributed by atoms with Crippen LogP contribution < -0.4 is 10.9 Å². The standard InChI is InChI=1S/C10H10Cl2N2O/c11-7-2-1-3-8(12)10(7)9-4-6(5-15)13-14-9/h1-3,5-6,9,13-14H,4H2. The molecule has 2 rings (SSSR count). The van der Waals surface area contributed by atoms with Crippen LogP contribution in [0.1, 0.15) is 18.0 Å². The fraction of sp³-hybridized carbons (Fsp3) is 0.300. The smallest absolute Gasteiger partial charge is 0.138 e. The summed E-state index contributed by atoms with van der Waals surface area (Å²) < 4.78 is 0. The molecule has 15 heavy (non-hydrogen) atoms. The number of hydrazine groups is 1. The van der Waals surface area contributed by atoms with Crippen molar-refractivity contribution in [1.82, 2.24) is 10.9 Å². The second-order valence-electron chi connectivity index (χ2n) is 3.45. The molecule has 1 aliphatic rings. The third-order valence-electron chi connectivity index (χ3n) is 2.45. The monoisotopic (exact) mass is 244 g/mol. The summed E-state index contributed by atoms with van der Waals surface area (Å²) in [5, 5.41) is 1.24. The van der Waals surface area contributed by atoms with E-state index in [1.54, 1.807) is 18.2 Å². The maximum absolute atomic E-state index is 10.6. The Hall–Kier alpha value is -0.610. The topological polar surface area (TPSA) is 41.1 Å². The molecule has 0 aromatic heterocycles. The molecule has 80 valence electrons. The van der Waals surface area contributed by atoms with E-state index in [2.05, 4.69) is 10.9 Å². The summed E-state index contributed by atoms with van der Waals surface area (Å²) >= 11 is 12.1. The lowest BCUT2D eigenvalue weighted by Gasteiger charge is -2.13. The Kier molecular flexibility index (Phi) is 3.26. The van der Waals surface area contributed by atoms with Gasteiger partial charge >= 0.3 is 0 Å². The quantitative estimate of drug-likeness (QED) is 0.784. The van der Waals surface area contributed by atoms with Gasteiger partial charge in [-0.2, -0.15) is 0 Å². The van der Waals surface area contributed by atoms with Crippen LogP contribution in [0.4, 0.5) is 0 Å². The largest absolute Gasteiger partial charge is 0.302 e. The molecule has 1 aromatic carbocycles. The maximum Gasteiger partial charge on any atom is 0.138 e. The summed E-state index contributed by atoms with van der Waals surface area (Å²) in [5.41, 5.74) is 6.72. The summed E-state index contributed by atoms with van der Waals surface area (Å²) in [6, 6.07) is 5.19. The molecule has 1 aliphatic heterocycles. The summed E-state index contributed by atoms with van der Waals surface area (Å²) in [6.45, 7) is 0. The predicted octanol–water partition coefficient (Wildman–Crippen LogP) is 2.10. The Morgan fingerprint density at radius 2 is 1.93 bits per heavy atom. The average Bonchev–Trinajstić information content (AvgIpc) is 2.66. The molecule has 0 radical (unpaired) electrons. The first-order valence-electron chi connectivity index (χ1n) is 4.62. The predicted molar refractivity (Wildman–Crippen MR) is 59.9 cm³/mol. The Morgan fingerprint density at radius 3 is 2.47 bits per heavy atom. The first-order chi connectivity index (χ1) is 7.22. The van der Waals surface area contributed by atoms with E-state index in [0.717, 1.165) is 11.8 Å². The van der Waals surface area contributed by atoms with Gasteiger partial charge in [0.15, 0.2) is 0 Å². The molecule has 2 atom stereocenters. The van der Waals surface area contributed by atoms with Crippen LogP contribution in [0.15, 0.2) is 18.2 Å². The summed E-state index contributed by atoms with van der Waals surface area (Å²) in [5.74, 6) is 0. The van der Waals surface area contributed by atoms with E-state index in [9.17, 15) is 4.79 Å². The van der Waals surface area contributed by atoms with Crippen LogP contribution in [-0.4, -0.2) is 12.3 Å². The van der Waals surface area contributed by atoms with Gasteiger partial charge in [0.25, 0.3) is 0 Å². The van der Waals surface area contributed by atoms with E-state index in [0.29, 0.717) is 16.5 Å². The molecule has 5 heteroatoms. The minimum absolute atomic E-state index is 0.0126. The van der Waals surface area contributed by atoms with Crippen molar-refractivity contribution in [3.05, 3.63) is 33.8 Å². The molecule has 1 heterocycles. The molecule has 0 amide bonds. The van der Waals surface area contributed by atoms with Gasteiger partial charge in [-0.05, 0) is 18.6 Å². The lowest BCUT2D eigenvalue weighted by Crippen LogP contribution is -2.31. The van der Waals surface area contributed by atoms with E-state index in [1.807, 2.05) is 0 Å². The minimum atomic E-state index is -0.178. The van der Waals surface area contributed by atoms with E-state index in [4.69, 9.17) is 23.2 Å². The lowest BCUT2D eigenvalue weighted by atomic mass is 10.0. The van der Waals surface area contributed by atoms with E-state index < -0.39 is 0 Å². The van der Waals surface area contributed by atoms with Gasteiger partial charge in [0, 0.05) is 15.6 Å². The molecule has 0 bridgehead atoms. The number of carbonyl (C=O) groups is 1. The molecule has 2 N–H and O–H groups in total. The van der Waals surface area contributed by atoms with Crippen LogP contribution in [0.5, 0.6) is 0 Å². The van der Waals surface area contributed by atoms with Gasteiger partial charge in [-0.15, -0.1) is 0 Å². The first kappa shape index (κ1) is 10.9. The van der Waals surface area contributed by atoms with E-state index >= 15 is 0 Å². The Balaban J connectivity index is 2.27. The van der Waals surface area contributed by atoms with Crippen molar-refractivity contribution in [2.75, 3.05) is 0 Å². The van der Waals surface area contributed by atoms with Gasteiger partial charge in [0.05, 0.1) is 12.1 Å². The van der Waals surface area contributed by atoms with E-state index in [1.165, 1.54) is 0 Å². The van der Waals surface area contributed by atoms with Crippen LogP contribution in [-0.2, 0) is 4.79 Å². The fourth-order valence-corrected chi connectivity index (χ4v) is 2.36. The zero-order valence-corrected chi connectivity index (χ0v) is 9.35. The number of nitrogens with one attached hydrogen (secondary N) is 2. The third-order valence-corrected chi connectivity index (χ3v) is 3.10. The number of benzene rings is 1. The molecular formula is C10H10Cl2N2O. The van der Waals surface area contributed by atoms with Crippen LogP contribution in [0.25, 0.3) is 0 Å². The van der Waals surface area contributed by atoms with Crippen molar-refractivity contribution in [3.8, 4) is 0 Å². The molecule has 0 spiro atoms. The molecule has 2 unspecified atom stereocenters. The third kappa shape index (κ3) is 2.16. The second kappa shape index (κ2) is 4.49. The van der Waals surface area contributed by atoms with Crippen LogP contribution in [0.3, 0.4) is 0 Å². The Labute approximate surface area is 97.7 Å². The number of rotatable bonds is 2. The van der Waals surface area contributed by atoms with Gasteiger partial charge in [-0.3, -0.25) is 0 Å². The van der Waals surface area contributed by atoms with Crippen LogP contribution >= 0.6 is 23.2 Å². The molecular weight excluding hydrogens is 235 g/mol. The highest BCUT2D eigenvalue weighted by Gasteiger charge is 2.27. The molecule has 1 saturated heterocycles.